The van der Waals surface area contributed by atoms with Crippen molar-refractivity contribution in [2.75, 3.05) is 12.4 Å². The van der Waals surface area contributed by atoms with Crippen LogP contribution < -0.4 is 10.1 Å². The van der Waals surface area contributed by atoms with Gasteiger partial charge in [0.15, 0.2) is 11.8 Å². The fraction of sp³-hybridized carbons (Fsp3) is 0.391. The summed E-state index contributed by atoms with van der Waals surface area (Å²) in [6, 6.07) is 8.71. The van der Waals surface area contributed by atoms with Crippen molar-refractivity contribution in [3.05, 3.63) is 47.8 Å². The number of carbonyl (C=O) groups is 2. The number of nitrogens with zero attached hydrogens (tertiary/aromatic N) is 3. The molecule has 1 amide bonds. The van der Waals surface area contributed by atoms with Crippen LogP contribution in [0.15, 0.2) is 36.5 Å². The van der Waals surface area contributed by atoms with Crippen LogP contribution in [0.5, 0.6) is 5.75 Å². The van der Waals surface area contributed by atoms with Gasteiger partial charge in [0.1, 0.15) is 5.75 Å². The smallest absolute Gasteiger partial charge is 0.339 e. The van der Waals surface area contributed by atoms with E-state index >= 15 is 0 Å². The fourth-order valence-electron chi connectivity index (χ4n) is 3.08. The zero-order chi connectivity index (χ0) is 22.7. The minimum Gasteiger partial charge on any atom is -0.497 e. The van der Waals surface area contributed by atoms with Gasteiger partial charge in [0.2, 0.25) is 0 Å². The number of anilines is 1. The van der Waals surface area contributed by atoms with Crippen LogP contribution in [0.1, 0.15) is 62.6 Å². The largest absolute Gasteiger partial charge is 0.497 e. The van der Waals surface area contributed by atoms with E-state index in [9.17, 15) is 9.59 Å². The van der Waals surface area contributed by atoms with E-state index < -0.39 is 18.0 Å². The summed E-state index contributed by atoms with van der Waals surface area (Å²) >= 11 is 0. The Labute approximate surface area is 181 Å². The summed E-state index contributed by atoms with van der Waals surface area (Å²) in [5, 5.41) is 7.72. The molecular weight excluding hydrogens is 396 g/mol. The lowest BCUT2D eigenvalue weighted by Crippen LogP contribution is -2.30. The molecule has 1 N–H and O–H groups in total. The van der Waals surface area contributed by atoms with Gasteiger partial charge in [-0.05, 0) is 57.0 Å². The molecule has 31 heavy (non-hydrogen) atoms. The number of fused-ring (bicyclic) bond motifs is 1. The minimum absolute atomic E-state index is 0.0884. The molecular formula is C23H28N4O4. The first-order valence-corrected chi connectivity index (χ1v) is 10.2. The highest BCUT2D eigenvalue weighted by atomic mass is 16.5. The zero-order valence-corrected chi connectivity index (χ0v) is 18.7. The highest BCUT2D eigenvalue weighted by Crippen LogP contribution is 2.25. The van der Waals surface area contributed by atoms with Crippen molar-refractivity contribution in [3.63, 3.8) is 0 Å². The Kier molecular flexibility index (Phi) is 6.58. The van der Waals surface area contributed by atoms with Gasteiger partial charge in [-0.15, -0.1) is 0 Å². The van der Waals surface area contributed by atoms with Gasteiger partial charge < -0.3 is 14.8 Å². The lowest BCUT2D eigenvalue weighted by molar-refractivity contribution is -0.123. The molecule has 0 aliphatic carbocycles. The maximum Gasteiger partial charge on any atom is 0.339 e. The standard InChI is InChI=1S/C23H28N4O4/c1-13(2)20-11-18(19-12-24-27(14(3)4)21(19)26-20)23(29)31-15(5)22(28)25-16-7-9-17(30-6)10-8-16/h7-15H,1-6H3,(H,25,28). The minimum atomic E-state index is -0.986. The van der Waals surface area contributed by atoms with Crippen LogP contribution in [-0.4, -0.2) is 39.9 Å². The molecule has 8 heteroatoms. The van der Waals surface area contributed by atoms with Crippen LogP contribution in [0.2, 0.25) is 0 Å². The Morgan fingerprint density at radius 1 is 1.06 bits per heavy atom. The number of amides is 1. The third-order valence-corrected chi connectivity index (χ3v) is 4.90. The van der Waals surface area contributed by atoms with Crippen LogP contribution in [0.25, 0.3) is 11.0 Å². The molecule has 0 aliphatic heterocycles. The summed E-state index contributed by atoms with van der Waals surface area (Å²) in [6.45, 7) is 9.55. The summed E-state index contributed by atoms with van der Waals surface area (Å²) in [4.78, 5) is 30.2. The number of pyridine rings is 1. The summed E-state index contributed by atoms with van der Waals surface area (Å²) < 4.78 is 12.4. The number of rotatable bonds is 7. The van der Waals surface area contributed by atoms with Crippen molar-refractivity contribution in [1.82, 2.24) is 14.8 Å². The number of hydrogen-bond acceptors (Lipinski definition) is 6. The predicted molar refractivity (Wildman–Crippen MR) is 119 cm³/mol. The maximum absolute atomic E-state index is 13.0. The van der Waals surface area contributed by atoms with Crippen LogP contribution in [-0.2, 0) is 9.53 Å². The third-order valence-electron chi connectivity index (χ3n) is 4.90. The fourth-order valence-corrected chi connectivity index (χ4v) is 3.08. The molecule has 0 spiro atoms. The Morgan fingerprint density at radius 2 is 1.74 bits per heavy atom. The van der Waals surface area contributed by atoms with Gasteiger partial charge in [-0.1, -0.05) is 13.8 Å². The molecule has 1 unspecified atom stereocenters. The molecule has 1 atom stereocenters. The van der Waals surface area contributed by atoms with E-state index in [2.05, 4.69) is 15.4 Å². The maximum atomic E-state index is 13.0. The van der Waals surface area contributed by atoms with Crippen molar-refractivity contribution in [2.24, 2.45) is 0 Å². The Morgan fingerprint density at radius 3 is 2.32 bits per heavy atom. The average molecular weight is 425 g/mol. The molecule has 0 aliphatic rings. The topological polar surface area (TPSA) is 95.3 Å². The van der Waals surface area contributed by atoms with Crippen LogP contribution in [0.4, 0.5) is 5.69 Å². The molecule has 0 saturated carbocycles. The van der Waals surface area contributed by atoms with E-state index in [0.717, 1.165) is 5.69 Å². The first kappa shape index (κ1) is 22.3. The number of esters is 1. The number of methoxy groups -OCH3 is 1. The molecule has 0 fully saturated rings. The summed E-state index contributed by atoms with van der Waals surface area (Å²) in [5.41, 5.74) is 2.32. The molecule has 2 heterocycles. The van der Waals surface area contributed by atoms with E-state index in [4.69, 9.17) is 9.47 Å². The van der Waals surface area contributed by atoms with E-state index in [1.165, 1.54) is 6.92 Å². The number of benzene rings is 1. The summed E-state index contributed by atoms with van der Waals surface area (Å²) in [6.07, 6.45) is 0.631. The molecule has 164 valence electrons. The molecule has 0 bridgehead atoms. The van der Waals surface area contributed by atoms with E-state index in [0.29, 0.717) is 28.0 Å². The number of aromatic nitrogens is 3. The first-order valence-electron chi connectivity index (χ1n) is 10.2. The van der Waals surface area contributed by atoms with E-state index in [1.54, 1.807) is 48.3 Å². The summed E-state index contributed by atoms with van der Waals surface area (Å²) in [5.74, 6) is -0.218. The monoisotopic (exact) mass is 424 g/mol. The predicted octanol–water partition coefficient (Wildman–Crippen LogP) is 4.33. The molecule has 2 aromatic heterocycles. The van der Waals surface area contributed by atoms with Gasteiger partial charge >= 0.3 is 5.97 Å². The number of carbonyl (C=O) groups excluding carboxylic acids is 2. The van der Waals surface area contributed by atoms with Crippen LogP contribution >= 0.6 is 0 Å². The highest BCUT2D eigenvalue weighted by molar-refractivity contribution is 6.04. The lowest BCUT2D eigenvalue weighted by Gasteiger charge is -2.15. The number of nitrogens with one attached hydrogen (secondary N) is 1. The van der Waals surface area contributed by atoms with Gasteiger partial charge in [-0.3, -0.25) is 4.79 Å². The van der Waals surface area contributed by atoms with Crippen molar-refractivity contribution >= 4 is 28.6 Å². The molecule has 0 saturated heterocycles. The summed E-state index contributed by atoms with van der Waals surface area (Å²) in [7, 11) is 1.57. The van der Waals surface area contributed by atoms with Gasteiger partial charge in [0.25, 0.3) is 5.91 Å². The first-order chi connectivity index (χ1) is 14.7. The van der Waals surface area contributed by atoms with Crippen molar-refractivity contribution in [1.29, 1.82) is 0 Å². The second kappa shape index (κ2) is 9.16. The quantitative estimate of drug-likeness (QED) is 0.567. The molecule has 3 aromatic rings. The molecule has 0 radical (unpaired) electrons. The molecule has 3 rings (SSSR count). The van der Waals surface area contributed by atoms with Crippen molar-refractivity contribution < 1.29 is 19.1 Å². The van der Waals surface area contributed by atoms with Crippen LogP contribution in [0.3, 0.4) is 0 Å². The van der Waals surface area contributed by atoms with Crippen molar-refractivity contribution in [2.45, 2.75) is 52.7 Å². The third kappa shape index (κ3) is 4.84. The van der Waals surface area contributed by atoms with Gasteiger partial charge in [-0.2, -0.15) is 5.10 Å². The van der Waals surface area contributed by atoms with Crippen LogP contribution in [0, 0.1) is 0 Å². The second-order valence-corrected chi connectivity index (χ2v) is 7.93. The lowest BCUT2D eigenvalue weighted by atomic mass is 10.1. The van der Waals surface area contributed by atoms with Gasteiger partial charge in [0, 0.05) is 17.4 Å². The normalized spacial score (nSPS) is 12.3. The second-order valence-electron chi connectivity index (χ2n) is 7.93. The zero-order valence-electron chi connectivity index (χ0n) is 18.7. The van der Waals surface area contributed by atoms with Crippen molar-refractivity contribution in [3.8, 4) is 5.75 Å². The Balaban J connectivity index is 1.82. The highest BCUT2D eigenvalue weighted by Gasteiger charge is 2.24. The van der Waals surface area contributed by atoms with Gasteiger partial charge in [-0.25, -0.2) is 14.5 Å². The number of ether oxygens (including phenoxy) is 2. The number of hydrogen-bond donors (Lipinski definition) is 1. The van der Waals surface area contributed by atoms with Gasteiger partial charge in [0.05, 0.1) is 24.3 Å². The average Bonchev–Trinajstić information content (AvgIpc) is 3.17. The SMILES string of the molecule is COc1ccc(NC(=O)C(C)OC(=O)c2cc(C(C)C)nc3c2cnn3C(C)C)cc1. The Hall–Kier alpha value is -3.42. The van der Waals surface area contributed by atoms with E-state index in [-0.39, 0.29) is 12.0 Å². The molecule has 8 nitrogen and oxygen atoms in total. The van der Waals surface area contributed by atoms with E-state index in [1.807, 2.05) is 27.7 Å². The Bertz CT molecular complexity index is 1090. The molecule has 1 aromatic carbocycles.